The van der Waals surface area contributed by atoms with Crippen molar-refractivity contribution in [2.75, 3.05) is 37.6 Å². The van der Waals surface area contributed by atoms with Crippen LogP contribution in [-0.2, 0) is 9.53 Å². The molecule has 190 valence electrons. The third-order valence-corrected chi connectivity index (χ3v) is 7.05. The summed E-state index contributed by atoms with van der Waals surface area (Å²) in [5.74, 6) is 0.748. The summed E-state index contributed by atoms with van der Waals surface area (Å²) in [6.07, 6.45) is 1.08. The van der Waals surface area contributed by atoms with Crippen molar-refractivity contribution < 1.29 is 14.3 Å². The molecule has 2 amide bonds. The van der Waals surface area contributed by atoms with Gasteiger partial charge in [0.2, 0.25) is 5.91 Å². The van der Waals surface area contributed by atoms with Gasteiger partial charge in [-0.1, -0.05) is 23.7 Å². The number of benzene rings is 2. The summed E-state index contributed by atoms with van der Waals surface area (Å²) in [6, 6.07) is 13.4. The lowest BCUT2D eigenvalue weighted by Gasteiger charge is -2.38. The van der Waals surface area contributed by atoms with Gasteiger partial charge in [-0.15, -0.1) is 0 Å². The minimum absolute atomic E-state index is 0.0112. The Balaban J connectivity index is 1.25. The molecule has 36 heavy (non-hydrogen) atoms. The number of halogens is 1. The Kier molecular flexibility index (Phi) is 6.55. The number of piperazine rings is 1. The van der Waals surface area contributed by atoms with Gasteiger partial charge in [-0.05, 0) is 63.9 Å². The lowest BCUT2D eigenvalue weighted by Crippen LogP contribution is -2.54. The molecule has 3 aromatic rings. The van der Waals surface area contributed by atoms with Gasteiger partial charge in [0.25, 0.3) is 0 Å². The second-order valence-corrected chi connectivity index (χ2v) is 10.8. The first-order chi connectivity index (χ1) is 17.2. The van der Waals surface area contributed by atoms with E-state index in [2.05, 4.69) is 16.0 Å². The molecule has 2 saturated heterocycles. The first-order valence-electron chi connectivity index (χ1n) is 12.5. The van der Waals surface area contributed by atoms with Crippen LogP contribution in [0.1, 0.15) is 33.6 Å². The SMILES string of the molecule is CC(C)(C)OC(=O)N1CCC[C@@H]1C(=O)N1CCN(c2ccc(Cl)c(-c3nc4ccccc4[nH]3)c2)CC1. The molecular formula is C27H32ClN5O3. The van der Waals surface area contributed by atoms with Gasteiger partial charge < -0.3 is 19.5 Å². The molecule has 1 N–H and O–H groups in total. The van der Waals surface area contributed by atoms with Crippen LogP contribution in [0.3, 0.4) is 0 Å². The van der Waals surface area contributed by atoms with Crippen molar-refractivity contribution in [3.8, 4) is 11.4 Å². The fourth-order valence-electron chi connectivity index (χ4n) is 4.93. The van der Waals surface area contributed by atoms with E-state index >= 15 is 0 Å². The van der Waals surface area contributed by atoms with Crippen LogP contribution in [-0.4, -0.2) is 76.1 Å². The number of hydrogen-bond donors (Lipinski definition) is 1. The molecule has 1 atom stereocenters. The van der Waals surface area contributed by atoms with Crippen molar-refractivity contribution in [3.05, 3.63) is 47.5 Å². The van der Waals surface area contributed by atoms with E-state index in [0.717, 1.165) is 34.5 Å². The van der Waals surface area contributed by atoms with Crippen molar-refractivity contribution in [2.24, 2.45) is 0 Å². The number of rotatable bonds is 3. The highest BCUT2D eigenvalue weighted by Gasteiger charge is 2.39. The third kappa shape index (κ3) is 5.00. The van der Waals surface area contributed by atoms with Crippen LogP contribution in [0.4, 0.5) is 10.5 Å². The van der Waals surface area contributed by atoms with E-state index in [9.17, 15) is 9.59 Å². The van der Waals surface area contributed by atoms with Crippen LogP contribution in [0, 0.1) is 0 Å². The summed E-state index contributed by atoms with van der Waals surface area (Å²) in [7, 11) is 0. The Hall–Kier alpha value is -3.26. The Bertz CT molecular complexity index is 1240. The highest BCUT2D eigenvalue weighted by Crippen LogP contribution is 2.32. The van der Waals surface area contributed by atoms with Gasteiger partial charge in [0.15, 0.2) is 0 Å². The lowest BCUT2D eigenvalue weighted by molar-refractivity contribution is -0.136. The second kappa shape index (κ2) is 9.65. The van der Waals surface area contributed by atoms with Crippen LogP contribution >= 0.6 is 11.6 Å². The molecular weight excluding hydrogens is 478 g/mol. The maximum atomic E-state index is 13.3. The minimum atomic E-state index is -0.585. The topological polar surface area (TPSA) is 81.8 Å². The highest BCUT2D eigenvalue weighted by atomic mass is 35.5. The number of carbonyl (C=O) groups excluding carboxylic acids is 2. The maximum Gasteiger partial charge on any atom is 0.410 e. The number of nitrogens with zero attached hydrogens (tertiary/aromatic N) is 4. The van der Waals surface area contributed by atoms with Gasteiger partial charge in [0.05, 0.1) is 16.1 Å². The second-order valence-electron chi connectivity index (χ2n) is 10.4. The molecule has 0 saturated carbocycles. The number of fused-ring (bicyclic) bond motifs is 1. The molecule has 0 spiro atoms. The van der Waals surface area contributed by atoms with Gasteiger partial charge in [-0.2, -0.15) is 0 Å². The van der Waals surface area contributed by atoms with Crippen molar-refractivity contribution >= 4 is 40.3 Å². The number of aromatic nitrogens is 2. The van der Waals surface area contributed by atoms with Crippen molar-refractivity contribution in [3.63, 3.8) is 0 Å². The zero-order chi connectivity index (χ0) is 25.4. The Morgan fingerprint density at radius 3 is 2.53 bits per heavy atom. The number of amides is 2. The average molecular weight is 510 g/mol. The number of nitrogens with one attached hydrogen (secondary N) is 1. The molecule has 0 bridgehead atoms. The summed E-state index contributed by atoms with van der Waals surface area (Å²) in [5.41, 5.74) is 3.17. The van der Waals surface area contributed by atoms with Crippen LogP contribution < -0.4 is 4.90 Å². The maximum absolute atomic E-state index is 13.3. The van der Waals surface area contributed by atoms with Gasteiger partial charge >= 0.3 is 6.09 Å². The lowest BCUT2D eigenvalue weighted by atomic mass is 10.1. The number of hydrogen-bond acceptors (Lipinski definition) is 5. The molecule has 2 aromatic carbocycles. The van der Waals surface area contributed by atoms with Gasteiger partial charge in [0.1, 0.15) is 17.5 Å². The number of carbonyl (C=O) groups is 2. The van der Waals surface area contributed by atoms with Crippen LogP contribution in [0.15, 0.2) is 42.5 Å². The summed E-state index contributed by atoms with van der Waals surface area (Å²) >= 11 is 6.54. The molecule has 0 aliphatic carbocycles. The predicted octanol–water partition coefficient (Wildman–Crippen LogP) is 4.93. The van der Waals surface area contributed by atoms with Crippen molar-refractivity contribution in [1.29, 1.82) is 0 Å². The van der Waals surface area contributed by atoms with Crippen LogP contribution in [0.2, 0.25) is 5.02 Å². The number of imidazole rings is 1. The number of para-hydroxylation sites is 2. The van der Waals surface area contributed by atoms with Crippen LogP contribution in [0.5, 0.6) is 0 Å². The number of ether oxygens (including phenoxy) is 1. The van der Waals surface area contributed by atoms with E-state index < -0.39 is 17.7 Å². The number of likely N-dealkylation sites (tertiary alicyclic amines) is 1. The number of H-pyrrole nitrogens is 1. The fraction of sp³-hybridized carbons (Fsp3) is 0.444. The van der Waals surface area contributed by atoms with Gasteiger partial charge in [-0.3, -0.25) is 9.69 Å². The van der Waals surface area contributed by atoms with Crippen LogP contribution in [0.25, 0.3) is 22.4 Å². The summed E-state index contributed by atoms with van der Waals surface area (Å²) in [6.45, 7) is 8.67. The molecule has 2 aliphatic rings. The van der Waals surface area contributed by atoms with E-state index in [1.807, 2.05) is 62.1 Å². The van der Waals surface area contributed by atoms with E-state index in [0.29, 0.717) is 44.2 Å². The zero-order valence-corrected chi connectivity index (χ0v) is 21.7. The van der Waals surface area contributed by atoms with Gasteiger partial charge in [-0.25, -0.2) is 9.78 Å². The molecule has 0 radical (unpaired) electrons. The molecule has 0 unspecified atom stereocenters. The average Bonchev–Trinajstić information content (AvgIpc) is 3.50. The summed E-state index contributed by atoms with van der Waals surface area (Å²) in [4.78, 5) is 39.7. The summed E-state index contributed by atoms with van der Waals surface area (Å²) < 4.78 is 5.53. The Labute approximate surface area is 216 Å². The monoisotopic (exact) mass is 509 g/mol. The number of aromatic amines is 1. The third-order valence-electron chi connectivity index (χ3n) is 6.72. The van der Waals surface area contributed by atoms with Crippen molar-refractivity contribution in [2.45, 2.75) is 45.3 Å². The number of anilines is 1. The van der Waals surface area contributed by atoms with E-state index in [1.54, 1.807) is 4.90 Å². The first kappa shape index (κ1) is 24.4. The molecule has 1 aromatic heterocycles. The Morgan fingerprint density at radius 2 is 1.81 bits per heavy atom. The molecule has 3 heterocycles. The van der Waals surface area contributed by atoms with E-state index in [1.165, 1.54) is 0 Å². The van der Waals surface area contributed by atoms with E-state index in [4.69, 9.17) is 21.3 Å². The van der Waals surface area contributed by atoms with Crippen molar-refractivity contribution in [1.82, 2.24) is 19.8 Å². The highest BCUT2D eigenvalue weighted by molar-refractivity contribution is 6.33. The zero-order valence-electron chi connectivity index (χ0n) is 21.0. The van der Waals surface area contributed by atoms with E-state index in [-0.39, 0.29) is 5.91 Å². The molecule has 2 aliphatic heterocycles. The quantitative estimate of drug-likeness (QED) is 0.541. The predicted molar refractivity (Wildman–Crippen MR) is 141 cm³/mol. The smallest absolute Gasteiger partial charge is 0.410 e. The molecule has 8 nitrogen and oxygen atoms in total. The first-order valence-corrected chi connectivity index (χ1v) is 12.9. The molecule has 9 heteroatoms. The largest absolute Gasteiger partial charge is 0.444 e. The Morgan fingerprint density at radius 1 is 1.06 bits per heavy atom. The normalized spacial score (nSPS) is 18.7. The molecule has 5 rings (SSSR count). The molecule has 2 fully saturated rings. The van der Waals surface area contributed by atoms with Gasteiger partial charge in [0, 0.05) is 44.0 Å². The fourth-order valence-corrected chi connectivity index (χ4v) is 5.14. The standard InChI is InChI=1S/C27H32ClN5O3/c1-27(2,3)36-26(35)33-12-6-9-23(33)25(34)32-15-13-31(14-16-32)18-10-11-20(28)19(17-18)24-29-21-7-4-5-8-22(21)30-24/h4-5,7-8,10-11,17,23H,6,9,12-16H2,1-3H3,(H,29,30)/t23-/m1/s1. The minimum Gasteiger partial charge on any atom is -0.444 e. The summed E-state index contributed by atoms with van der Waals surface area (Å²) in [5, 5.41) is 0.634.